The molecule has 3 N–H and O–H groups in total. The molecule has 132 valence electrons. The summed E-state index contributed by atoms with van der Waals surface area (Å²) in [5, 5.41) is 14.6. The van der Waals surface area contributed by atoms with E-state index in [0.717, 1.165) is 25.0 Å². The molecular formula is C18H26N2O4. The maximum absolute atomic E-state index is 12.0. The molecule has 2 amide bonds. The van der Waals surface area contributed by atoms with Gasteiger partial charge in [-0.05, 0) is 36.5 Å². The van der Waals surface area contributed by atoms with E-state index in [4.69, 9.17) is 9.84 Å². The van der Waals surface area contributed by atoms with Crippen LogP contribution in [0, 0.1) is 11.8 Å². The molecule has 1 aliphatic heterocycles. The highest BCUT2D eigenvalue weighted by Gasteiger charge is 2.28. The number of carbonyl (C=O) groups excluding carboxylic acids is 1. The summed E-state index contributed by atoms with van der Waals surface area (Å²) in [7, 11) is 0. The Hall–Kier alpha value is -2.08. The monoisotopic (exact) mass is 334 g/mol. The fraction of sp³-hybridized carbons (Fsp3) is 0.556. The normalized spacial score (nSPS) is 20.6. The number of amides is 2. The molecule has 0 spiro atoms. The Bertz CT molecular complexity index is 557. The van der Waals surface area contributed by atoms with Crippen molar-refractivity contribution >= 4 is 12.0 Å². The molecule has 1 aromatic carbocycles. The summed E-state index contributed by atoms with van der Waals surface area (Å²) in [6.07, 6.45) is 2.30. The van der Waals surface area contributed by atoms with Crippen molar-refractivity contribution in [3.63, 3.8) is 0 Å². The number of hydrogen-bond acceptors (Lipinski definition) is 3. The number of nitrogens with one attached hydrogen (secondary N) is 2. The molecule has 0 aromatic heterocycles. The van der Waals surface area contributed by atoms with Crippen molar-refractivity contribution in [3.8, 4) is 0 Å². The SMILES string of the molecule is CC(C)C1OCCCC1CNC(=O)NCc1ccc(C(=O)O)cc1. The number of carboxylic acids is 1. The van der Waals surface area contributed by atoms with Crippen LogP contribution >= 0.6 is 0 Å². The lowest BCUT2D eigenvalue weighted by Crippen LogP contribution is -2.44. The maximum Gasteiger partial charge on any atom is 0.335 e. The van der Waals surface area contributed by atoms with Crippen molar-refractivity contribution in [2.24, 2.45) is 11.8 Å². The number of hydrogen-bond donors (Lipinski definition) is 3. The maximum atomic E-state index is 12.0. The van der Waals surface area contributed by atoms with E-state index in [1.807, 2.05) is 0 Å². The minimum absolute atomic E-state index is 0.197. The zero-order valence-corrected chi connectivity index (χ0v) is 14.2. The Morgan fingerprint density at radius 2 is 1.96 bits per heavy atom. The van der Waals surface area contributed by atoms with Crippen molar-refractivity contribution in [1.82, 2.24) is 10.6 Å². The molecular weight excluding hydrogens is 308 g/mol. The second kappa shape index (κ2) is 8.68. The van der Waals surface area contributed by atoms with Crippen LogP contribution in [0.2, 0.25) is 0 Å². The van der Waals surface area contributed by atoms with Crippen LogP contribution in [0.25, 0.3) is 0 Å². The van der Waals surface area contributed by atoms with E-state index in [9.17, 15) is 9.59 Å². The summed E-state index contributed by atoms with van der Waals surface area (Å²) in [5.41, 5.74) is 1.09. The summed E-state index contributed by atoms with van der Waals surface area (Å²) in [4.78, 5) is 22.8. The summed E-state index contributed by atoms with van der Waals surface area (Å²) in [6.45, 7) is 6.05. The van der Waals surface area contributed by atoms with Crippen molar-refractivity contribution in [3.05, 3.63) is 35.4 Å². The highest BCUT2D eigenvalue weighted by Crippen LogP contribution is 2.25. The zero-order chi connectivity index (χ0) is 17.5. The molecule has 2 rings (SSSR count). The molecule has 1 aliphatic rings. The van der Waals surface area contributed by atoms with Gasteiger partial charge in [-0.25, -0.2) is 9.59 Å². The number of carboxylic acid groups (broad SMARTS) is 1. The van der Waals surface area contributed by atoms with Gasteiger partial charge in [0.1, 0.15) is 0 Å². The molecule has 0 bridgehead atoms. The Kier molecular flexibility index (Phi) is 6.61. The van der Waals surface area contributed by atoms with Crippen LogP contribution in [-0.4, -0.2) is 36.4 Å². The molecule has 1 aromatic rings. The molecule has 2 atom stereocenters. The lowest BCUT2D eigenvalue weighted by atomic mass is 9.87. The second-order valence-corrected chi connectivity index (χ2v) is 6.55. The van der Waals surface area contributed by atoms with Gasteiger partial charge in [0.25, 0.3) is 0 Å². The Morgan fingerprint density at radius 1 is 1.25 bits per heavy atom. The molecule has 0 radical (unpaired) electrons. The van der Waals surface area contributed by atoms with Crippen molar-refractivity contribution in [2.45, 2.75) is 39.3 Å². The van der Waals surface area contributed by atoms with E-state index in [0.29, 0.717) is 24.9 Å². The predicted octanol–water partition coefficient (Wildman–Crippen LogP) is 2.64. The number of urea groups is 1. The van der Waals surface area contributed by atoms with E-state index < -0.39 is 5.97 Å². The molecule has 0 saturated carbocycles. The highest BCUT2D eigenvalue weighted by molar-refractivity contribution is 5.87. The van der Waals surface area contributed by atoms with Crippen LogP contribution in [0.5, 0.6) is 0 Å². The molecule has 2 unspecified atom stereocenters. The summed E-state index contributed by atoms with van der Waals surface area (Å²) in [5.74, 6) is -0.172. The van der Waals surface area contributed by atoms with Crippen LogP contribution in [0.4, 0.5) is 4.79 Å². The third-order valence-electron chi connectivity index (χ3n) is 4.33. The third-order valence-corrected chi connectivity index (χ3v) is 4.33. The zero-order valence-electron chi connectivity index (χ0n) is 14.2. The van der Waals surface area contributed by atoms with E-state index in [1.54, 1.807) is 12.1 Å². The van der Waals surface area contributed by atoms with Crippen LogP contribution in [0.1, 0.15) is 42.6 Å². The first-order valence-corrected chi connectivity index (χ1v) is 8.43. The number of carbonyl (C=O) groups is 2. The Labute approximate surface area is 142 Å². The quantitative estimate of drug-likeness (QED) is 0.746. The van der Waals surface area contributed by atoms with Gasteiger partial charge in [0.15, 0.2) is 0 Å². The summed E-state index contributed by atoms with van der Waals surface area (Å²) in [6, 6.07) is 6.25. The molecule has 0 aliphatic carbocycles. The predicted molar refractivity (Wildman–Crippen MR) is 90.9 cm³/mol. The minimum atomic E-state index is -0.957. The molecule has 6 nitrogen and oxygen atoms in total. The number of ether oxygens (including phenoxy) is 1. The first-order chi connectivity index (χ1) is 11.5. The van der Waals surface area contributed by atoms with Gasteiger partial charge in [0.05, 0.1) is 11.7 Å². The molecule has 1 saturated heterocycles. The van der Waals surface area contributed by atoms with Gasteiger partial charge >= 0.3 is 12.0 Å². The van der Waals surface area contributed by atoms with Crippen molar-refractivity contribution in [2.75, 3.05) is 13.2 Å². The third kappa shape index (κ3) is 5.23. The van der Waals surface area contributed by atoms with Crippen molar-refractivity contribution in [1.29, 1.82) is 0 Å². The average Bonchev–Trinajstić information content (AvgIpc) is 2.58. The first kappa shape index (κ1) is 18.3. The van der Waals surface area contributed by atoms with Gasteiger partial charge in [-0.3, -0.25) is 0 Å². The minimum Gasteiger partial charge on any atom is -0.478 e. The lowest BCUT2D eigenvalue weighted by molar-refractivity contribution is -0.0508. The van der Waals surface area contributed by atoms with Gasteiger partial charge in [0.2, 0.25) is 0 Å². The molecule has 6 heteroatoms. The smallest absolute Gasteiger partial charge is 0.335 e. The van der Waals surface area contributed by atoms with Gasteiger partial charge in [-0.15, -0.1) is 0 Å². The van der Waals surface area contributed by atoms with Crippen LogP contribution < -0.4 is 10.6 Å². The van der Waals surface area contributed by atoms with Crippen LogP contribution in [0.3, 0.4) is 0 Å². The Balaban J connectivity index is 1.75. The lowest BCUT2D eigenvalue weighted by Gasteiger charge is -2.34. The first-order valence-electron chi connectivity index (χ1n) is 8.43. The molecule has 1 heterocycles. The van der Waals surface area contributed by atoms with Crippen LogP contribution in [-0.2, 0) is 11.3 Å². The van der Waals surface area contributed by atoms with E-state index >= 15 is 0 Å². The molecule has 1 fully saturated rings. The highest BCUT2D eigenvalue weighted by atomic mass is 16.5. The molecule has 24 heavy (non-hydrogen) atoms. The largest absolute Gasteiger partial charge is 0.478 e. The Morgan fingerprint density at radius 3 is 2.58 bits per heavy atom. The van der Waals surface area contributed by atoms with Gasteiger partial charge in [0, 0.05) is 25.6 Å². The van der Waals surface area contributed by atoms with Gasteiger partial charge in [-0.2, -0.15) is 0 Å². The topological polar surface area (TPSA) is 87.7 Å². The van der Waals surface area contributed by atoms with E-state index in [-0.39, 0.29) is 17.7 Å². The van der Waals surface area contributed by atoms with Gasteiger partial charge in [-0.1, -0.05) is 26.0 Å². The van der Waals surface area contributed by atoms with E-state index in [2.05, 4.69) is 24.5 Å². The summed E-state index contributed by atoms with van der Waals surface area (Å²) < 4.78 is 5.82. The fourth-order valence-corrected chi connectivity index (χ4v) is 3.05. The van der Waals surface area contributed by atoms with Crippen molar-refractivity contribution < 1.29 is 19.4 Å². The standard InChI is InChI=1S/C18H26N2O4/c1-12(2)16-15(4-3-9-24-16)11-20-18(23)19-10-13-5-7-14(8-6-13)17(21)22/h5-8,12,15-16H,3-4,9-11H2,1-2H3,(H,21,22)(H2,19,20,23). The van der Waals surface area contributed by atoms with Crippen LogP contribution in [0.15, 0.2) is 24.3 Å². The number of benzene rings is 1. The average molecular weight is 334 g/mol. The van der Waals surface area contributed by atoms with Gasteiger partial charge < -0.3 is 20.5 Å². The van der Waals surface area contributed by atoms with E-state index in [1.165, 1.54) is 12.1 Å². The number of aromatic carboxylic acids is 1. The summed E-state index contributed by atoms with van der Waals surface area (Å²) >= 11 is 0. The fourth-order valence-electron chi connectivity index (χ4n) is 3.05. The second-order valence-electron chi connectivity index (χ2n) is 6.55. The number of rotatable bonds is 6.